The van der Waals surface area contributed by atoms with Gasteiger partial charge in [-0.15, -0.1) is 11.8 Å². The number of carbonyl (C=O) groups is 2. The number of rotatable bonds is 11. The Morgan fingerprint density at radius 1 is 0.923 bits per heavy atom. The van der Waals surface area contributed by atoms with Crippen molar-refractivity contribution in [1.82, 2.24) is 10.2 Å². The van der Waals surface area contributed by atoms with E-state index < -0.39 is 6.04 Å². The molecule has 2 amide bonds. The van der Waals surface area contributed by atoms with Gasteiger partial charge in [0.25, 0.3) is 0 Å². The molecule has 4 rings (SSSR count). The highest BCUT2D eigenvalue weighted by Gasteiger charge is 2.31. The van der Waals surface area contributed by atoms with E-state index in [1.54, 1.807) is 28.8 Å². The minimum Gasteiger partial charge on any atom is -0.352 e. The molecule has 0 aliphatic heterocycles. The molecule has 39 heavy (non-hydrogen) atoms. The van der Waals surface area contributed by atoms with Gasteiger partial charge in [-0.3, -0.25) is 9.59 Å². The molecule has 0 bridgehead atoms. The van der Waals surface area contributed by atoms with Gasteiger partial charge in [-0.05, 0) is 55.2 Å². The van der Waals surface area contributed by atoms with Gasteiger partial charge in [0, 0.05) is 36.1 Å². The van der Waals surface area contributed by atoms with Crippen molar-refractivity contribution in [3.8, 4) is 0 Å². The van der Waals surface area contributed by atoms with Crippen molar-refractivity contribution in [3.63, 3.8) is 0 Å². The molecule has 1 fully saturated rings. The molecule has 0 saturated heterocycles. The van der Waals surface area contributed by atoms with Crippen LogP contribution in [0.25, 0.3) is 0 Å². The molecule has 4 nitrogen and oxygen atoms in total. The molecule has 1 aliphatic carbocycles. The van der Waals surface area contributed by atoms with Crippen LogP contribution in [-0.4, -0.2) is 34.6 Å². The Bertz CT molecular complexity index is 1230. The van der Waals surface area contributed by atoms with E-state index in [9.17, 15) is 9.59 Å². The SMILES string of the molecule is Cc1ccc(SCCC(=O)N(Cc2ccc(Cl)c(Cl)c2)[C@@H](Cc2ccccc2)C(=O)NC2CCCCC2)cc1. The predicted octanol–water partition coefficient (Wildman–Crippen LogP) is 7.87. The fourth-order valence-electron chi connectivity index (χ4n) is 4.97. The molecule has 1 aliphatic rings. The van der Waals surface area contributed by atoms with E-state index in [0.29, 0.717) is 28.6 Å². The standard InChI is InChI=1S/C32H36Cl2N2O2S/c1-23-12-15-27(16-13-23)39-19-18-31(37)36(22-25-14-17-28(33)29(34)20-25)30(21-24-8-4-2-5-9-24)32(38)35-26-10-6-3-7-11-26/h2,4-5,8-9,12-17,20,26,30H,3,6-7,10-11,18-19,21-22H2,1H3,(H,35,38)/t30-/m0/s1. The van der Waals surface area contributed by atoms with Crippen molar-refractivity contribution in [2.75, 3.05) is 5.75 Å². The average molecular weight is 584 g/mol. The third kappa shape index (κ3) is 9.02. The summed E-state index contributed by atoms with van der Waals surface area (Å²) in [6.45, 7) is 2.34. The minimum atomic E-state index is -0.638. The third-order valence-electron chi connectivity index (χ3n) is 7.17. The van der Waals surface area contributed by atoms with Crippen LogP contribution in [0.3, 0.4) is 0 Å². The van der Waals surface area contributed by atoms with Crippen LogP contribution in [0.15, 0.2) is 77.7 Å². The highest BCUT2D eigenvalue weighted by Crippen LogP contribution is 2.26. The summed E-state index contributed by atoms with van der Waals surface area (Å²) in [5.74, 6) is 0.480. The van der Waals surface area contributed by atoms with Crippen LogP contribution in [0.2, 0.25) is 10.0 Å². The summed E-state index contributed by atoms with van der Waals surface area (Å²) in [4.78, 5) is 30.6. The second kappa shape index (κ2) is 14.8. The topological polar surface area (TPSA) is 49.4 Å². The quantitative estimate of drug-likeness (QED) is 0.234. The lowest BCUT2D eigenvalue weighted by atomic mass is 9.94. The highest BCUT2D eigenvalue weighted by atomic mass is 35.5. The van der Waals surface area contributed by atoms with Crippen LogP contribution in [0.4, 0.5) is 0 Å². The summed E-state index contributed by atoms with van der Waals surface area (Å²) in [7, 11) is 0. The first kappa shape index (κ1) is 29.5. The van der Waals surface area contributed by atoms with Gasteiger partial charge >= 0.3 is 0 Å². The molecule has 0 spiro atoms. The van der Waals surface area contributed by atoms with E-state index in [0.717, 1.165) is 41.7 Å². The van der Waals surface area contributed by atoms with Gasteiger partial charge in [0.05, 0.1) is 10.0 Å². The van der Waals surface area contributed by atoms with Crippen molar-refractivity contribution < 1.29 is 9.59 Å². The molecule has 7 heteroatoms. The van der Waals surface area contributed by atoms with E-state index in [1.807, 2.05) is 36.4 Å². The number of benzene rings is 3. The number of hydrogen-bond acceptors (Lipinski definition) is 3. The molecule has 3 aromatic carbocycles. The normalized spacial score (nSPS) is 14.5. The van der Waals surface area contributed by atoms with Crippen LogP contribution < -0.4 is 5.32 Å². The molecule has 0 unspecified atom stereocenters. The van der Waals surface area contributed by atoms with Gasteiger partial charge in [0.1, 0.15) is 6.04 Å². The van der Waals surface area contributed by atoms with E-state index in [-0.39, 0.29) is 24.4 Å². The highest BCUT2D eigenvalue weighted by molar-refractivity contribution is 7.99. The number of thioether (sulfide) groups is 1. The largest absolute Gasteiger partial charge is 0.352 e. The molecule has 0 heterocycles. The maximum Gasteiger partial charge on any atom is 0.243 e. The van der Waals surface area contributed by atoms with Crippen LogP contribution in [0.1, 0.15) is 55.2 Å². The lowest BCUT2D eigenvalue weighted by Gasteiger charge is -2.33. The van der Waals surface area contributed by atoms with Crippen molar-refractivity contribution in [2.24, 2.45) is 0 Å². The van der Waals surface area contributed by atoms with Crippen LogP contribution in [-0.2, 0) is 22.6 Å². The summed E-state index contributed by atoms with van der Waals surface area (Å²) in [6, 6.07) is 23.1. The van der Waals surface area contributed by atoms with Crippen molar-refractivity contribution in [2.45, 2.75) is 75.4 Å². The molecule has 1 N–H and O–H groups in total. The number of nitrogens with zero attached hydrogens (tertiary/aromatic N) is 1. The van der Waals surface area contributed by atoms with E-state index >= 15 is 0 Å². The Kier molecular flexibility index (Phi) is 11.2. The van der Waals surface area contributed by atoms with Gasteiger partial charge in [-0.25, -0.2) is 0 Å². The molecule has 0 radical (unpaired) electrons. The number of hydrogen-bond donors (Lipinski definition) is 1. The van der Waals surface area contributed by atoms with Crippen molar-refractivity contribution in [3.05, 3.63) is 99.5 Å². The molecule has 1 saturated carbocycles. The molecule has 3 aromatic rings. The minimum absolute atomic E-state index is 0.0552. The first-order valence-electron chi connectivity index (χ1n) is 13.7. The van der Waals surface area contributed by atoms with Crippen LogP contribution in [0.5, 0.6) is 0 Å². The second-order valence-corrected chi connectivity index (χ2v) is 12.2. The van der Waals surface area contributed by atoms with Gasteiger partial charge in [0.15, 0.2) is 0 Å². The fourth-order valence-corrected chi connectivity index (χ4v) is 6.13. The van der Waals surface area contributed by atoms with Gasteiger partial charge < -0.3 is 10.2 Å². The fraction of sp³-hybridized carbons (Fsp3) is 0.375. The lowest BCUT2D eigenvalue weighted by Crippen LogP contribution is -2.52. The number of carbonyl (C=O) groups excluding carboxylic acids is 2. The Hall–Kier alpha value is -2.47. The summed E-state index contributed by atoms with van der Waals surface area (Å²) in [5.41, 5.74) is 3.06. The molecular formula is C32H36Cl2N2O2S. The number of aryl methyl sites for hydroxylation is 1. The smallest absolute Gasteiger partial charge is 0.243 e. The van der Waals surface area contributed by atoms with E-state index in [2.05, 4.69) is 36.5 Å². The van der Waals surface area contributed by atoms with Crippen molar-refractivity contribution >= 4 is 46.8 Å². The Labute approximate surface area is 246 Å². The predicted molar refractivity (Wildman–Crippen MR) is 162 cm³/mol. The maximum atomic E-state index is 13.8. The first-order chi connectivity index (χ1) is 18.9. The number of nitrogens with one attached hydrogen (secondary N) is 1. The monoisotopic (exact) mass is 582 g/mol. The molecule has 0 aromatic heterocycles. The zero-order chi connectivity index (χ0) is 27.6. The Morgan fingerprint density at radius 3 is 2.33 bits per heavy atom. The maximum absolute atomic E-state index is 13.8. The van der Waals surface area contributed by atoms with Crippen LogP contribution >= 0.6 is 35.0 Å². The molecular weight excluding hydrogens is 547 g/mol. The van der Waals surface area contributed by atoms with Gasteiger partial charge in [-0.2, -0.15) is 0 Å². The van der Waals surface area contributed by atoms with Gasteiger partial charge in [0.2, 0.25) is 11.8 Å². The van der Waals surface area contributed by atoms with Crippen molar-refractivity contribution in [1.29, 1.82) is 0 Å². The summed E-state index contributed by atoms with van der Waals surface area (Å²) < 4.78 is 0. The Balaban J connectivity index is 1.57. The van der Waals surface area contributed by atoms with E-state index in [4.69, 9.17) is 23.2 Å². The first-order valence-corrected chi connectivity index (χ1v) is 15.4. The summed E-state index contributed by atoms with van der Waals surface area (Å²) >= 11 is 14.1. The molecule has 206 valence electrons. The molecule has 1 atom stereocenters. The summed E-state index contributed by atoms with van der Waals surface area (Å²) in [5, 5.41) is 4.18. The zero-order valence-corrected chi connectivity index (χ0v) is 24.7. The third-order valence-corrected chi connectivity index (χ3v) is 8.92. The number of amides is 2. The zero-order valence-electron chi connectivity index (χ0n) is 22.4. The lowest BCUT2D eigenvalue weighted by molar-refractivity contribution is -0.141. The summed E-state index contributed by atoms with van der Waals surface area (Å²) in [6.07, 6.45) is 6.18. The average Bonchev–Trinajstić information content (AvgIpc) is 2.94. The second-order valence-electron chi connectivity index (χ2n) is 10.2. The Morgan fingerprint density at radius 2 is 1.64 bits per heavy atom. The van der Waals surface area contributed by atoms with E-state index in [1.165, 1.54) is 12.0 Å². The van der Waals surface area contributed by atoms with Gasteiger partial charge in [-0.1, -0.05) is 96.6 Å². The van der Waals surface area contributed by atoms with Crippen LogP contribution in [0, 0.1) is 6.92 Å². The number of halogens is 2.